The van der Waals surface area contributed by atoms with Crippen LogP contribution in [0.3, 0.4) is 0 Å². The van der Waals surface area contributed by atoms with Gasteiger partial charge < -0.3 is 10.1 Å². The van der Waals surface area contributed by atoms with Gasteiger partial charge in [-0.1, -0.05) is 0 Å². The number of halogens is 1. The van der Waals surface area contributed by atoms with Crippen molar-refractivity contribution >= 4 is 21.9 Å². The molecule has 92 valence electrons. The Kier molecular flexibility index (Phi) is 4.12. The molecule has 1 aliphatic heterocycles. The number of rotatable bonds is 3. The van der Waals surface area contributed by atoms with E-state index in [4.69, 9.17) is 4.74 Å². The predicted octanol–water partition coefficient (Wildman–Crippen LogP) is 1.71. The number of pyridine rings is 1. The Hall–Kier alpha value is -0.940. The van der Waals surface area contributed by atoms with Crippen molar-refractivity contribution in [1.82, 2.24) is 10.3 Å². The Morgan fingerprint density at radius 3 is 3.12 bits per heavy atom. The first-order chi connectivity index (χ1) is 8.22. The molecule has 1 N–H and O–H groups in total. The molecule has 0 spiro atoms. The molecule has 0 aliphatic carbocycles. The van der Waals surface area contributed by atoms with E-state index in [0.29, 0.717) is 13.2 Å². The minimum absolute atomic E-state index is 0.106. The number of aromatic nitrogens is 1. The molecule has 1 fully saturated rings. The molecule has 1 aliphatic rings. The average Bonchev–Trinajstić information content (AvgIpc) is 2.78. The molecule has 2 unspecified atom stereocenters. The molecule has 0 bridgehead atoms. The standard InChI is InChI=1S/C12H15BrN2O2/c1-2-17-12(16)11-7-15-6-10(11)8-3-9(13)5-14-4-8/h3-5,10-11,15H,2,6-7H2,1H3. The maximum atomic E-state index is 11.8. The van der Waals surface area contributed by atoms with Gasteiger partial charge in [-0.05, 0) is 34.5 Å². The van der Waals surface area contributed by atoms with Crippen LogP contribution in [0.2, 0.25) is 0 Å². The van der Waals surface area contributed by atoms with E-state index in [9.17, 15) is 4.79 Å². The second-order valence-corrected chi connectivity index (χ2v) is 4.98. The molecular weight excluding hydrogens is 284 g/mol. The van der Waals surface area contributed by atoms with Gasteiger partial charge in [0.25, 0.3) is 0 Å². The molecule has 1 aromatic rings. The fourth-order valence-electron chi connectivity index (χ4n) is 2.16. The first kappa shape index (κ1) is 12.5. The van der Waals surface area contributed by atoms with E-state index in [1.54, 1.807) is 6.20 Å². The molecule has 0 amide bonds. The van der Waals surface area contributed by atoms with Gasteiger partial charge in [-0.2, -0.15) is 0 Å². The van der Waals surface area contributed by atoms with Crippen molar-refractivity contribution in [1.29, 1.82) is 0 Å². The van der Waals surface area contributed by atoms with Gasteiger partial charge in [0.2, 0.25) is 0 Å². The molecule has 0 aromatic carbocycles. The van der Waals surface area contributed by atoms with E-state index in [2.05, 4.69) is 26.2 Å². The van der Waals surface area contributed by atoms with Gasteiger partial charge in [-0.15, -0.1) is 0 Å². The van der Waals surface area contributed by atoms with Crippen LogP contribution < -0.4 is 5.32 Å². The minimum Gasteiger partial charge on any atom is -0.466 e. The highest BCUT2D eigenvalue weighted by Crippen LogP contribution is 2.29. The normalized spacial score (nSPS) is 23.6. The smallest absolute Gasteiger partial charge is 0.310 e. The lowest BCUT2D eigenvalue weighted by molar-refractivity contribution is -0.147. The van der Waals surface area contributed by atoms with E-state index in [0.717, 1.165) is 16.6 Å². The summed E-state index contributed by atoms with van der Waals surface area (Å²) in [5.74, 6) is -0.0763. The summed E-state index contributed by atoms with van der Waals surface area (Å²) in [6, 6.07) is 2.01. The second kappa shape index (κ2) is 5.60. The fraction of sp³-hybridized carbons (Fsp3) is 0.500. The van der Waals surface area contributed by atoms with E-state index < -0.39 is 0 Å². The lowest BCUT2D eigenvalue weighted by Crippen LogP contribution is -2.24. The largest absolute Gasteiger partial charge is 0.466 e. The number of ether oxygens (including phenoxy) is 1. The van der Waals surface area contributed by atoms with E-state index in [1.165, 1.54) is 0 Å². The Morgan fingerprint density at radius 2 is 2.41 bits per heavy atom. The van der Waals surface area contributed by atoms with Crippen molar-refractivity contribution in [3.63, 3.8) is 0 Å². The van der Waals surface area contributed by atoms with Crippen LogP contribution in [0.15, 0.2) is 22.9 Å². The maximum absolute atomic E-state index is 11.8. The fourth-order valence-corrected chi connectivity index (χ4v) is 2.54. The number of carbonyl (C=O) groups is 1. The molecule has 0 saturated carbocycles. The molecule has 1 aromatic heterocycles. The number of carbonyl (C=O) groups excluding carboxylic acids is 1. The first-order valence-electron chi connectivity index (χ1n) is 5.70. The Balaban J connectivity index is 2.17. The monoisotopic (exact) mass is 298 g/mol. The summed E-state index contributed by atoms with van der Waals surface area (Å²) in [5.41, 5.74) is 1.07. The molecule has 2 atom stereocenters. The third-order valence-corrected chi connectivity index (χ3v) is 3.39. The molecular formula is C12H15BrN2O2. The quantitative estimate of drug-likeness (QED) is 0.863. The molecule has 4 nitrogen and oxygen atoms in total. The van der Waals surface area contributed by atoms with Gasteiger partial charge >= 0.3 is 5.97 Å². The van der Waals surface area contributed by atoms with Gasteiger partial charge in [0.05, 0.1) is 12.5 Å². The van der Waals surface area contributed by atoms with Crippen LogP contribution in [-0.4, -0.2) is 30.6 Å². The highest BCUT2D eigenvalue weighted by molar-refractivity contribution is 9.10. The summed E-state index contributed by atoms with van der Waals surface area (Å²) in [6.45, 7) is 3.73. The zero-order chi connectivity index (χ0) is 12.3. The third-order valence-electron chi connectivity index (χ3n) is 2.96. The number of hydrogen-bond acceptors (Lipinski definition) is 4. The van der Waals surface area contributed by atoms with Crippen LogP contribution in [0.25, 0.3) is 0 Å². The number of nitrogens with one attached hydrogen (secondary N) is 1. The van der Waals surface area contributed by atoms with Gasteiger partial charge in [0.1, 0.15) is 0 Å². The third kappa shape index (κ3) is 2.84. The zero-order valence-corrected chi connectivity index (χ0v) is 11.2. The van der Waals surface area contributed by atoms with Crippen molar-refractivity contribution in [2.24, 2.45) is 5.92 Å². The first-order valence-corrected chi connectivity index (χ1v) is 6.49. The SMILES string of the molecule is CCOC(=O)C1CNCC1c1cncc(Br)c1. The van der Waals surface area contributed by atoms with Gasteiger partial charge in [-0.3, -0.25) is 9.78 Å². The molecule has 5 heteroatoms. The Morgan fingerprint density at radius 1 is 1.59 bits per heavy atom. The van der Waals surface area contributed by atoms with Crippen LogP contribution in [0.5, 0.6) is 0 Å². The highest BCUT2D eigenvalue weighted by Gasteiger charge is 2.35. The van der Waals surface area contributed by atoms with Gasteiger partial charge in [0.15, 0.2) is 0 Å². The van der Waals surface area contributed by atoms with Crippen molar-refractivity contribution in [2.45, 2.75) is 12.8 Å². The topological polar surface area (TPSA) is 51.2 Å². The van der Waals surface area contributed by atoms with Crippen LogP contribution in [-0.2, 0) is 9.53 Å². The summed E-state index contributed by atoms with van der Waals surface area (Å²) in [5, 5.41) is 3.24. The average molecular weight is 299 g/mol. The number of hydrogen-bond donors (Lipinski definition) is 1. The van der Waals surface area contributed by atoms with Gasteiger partial charge in [0, 0.05) is 35.9 Å². The maximum Gasteiger partial charge on any atom is 0.310 e. The summed E-state index contributed by atoms with van der Waals surface area (Å²) < 4.78 is 6.03. The number of esters is 1. The van der Waals surface area contributed by atoms with E-state index >= 15 is 0 Å². The summed E-state index contributed by atoms with van der Waals surface area (Å²) in [7, 11) is 0. The van der Waals surface area contributed by atoms with Crippen molar-refractivity contribution in [3.05, 3.63) is 28.5 Å². The summed E-state index contributed by atoms with van der Waals surface area (Å²) in [6.07, 6.45) is 3.56. The zero-order valence-electron chi connectivity index (χ0n) is 9.65. The minimum atomic E-state index is -0.123. The molecule has 2 heterocycles. The molecule has 2 rings (SSSR count). The Labute approximate surface area is 109 Å². The van der Waals surface area contributed by atoms with Crippen LogP contribution in [0.1, 0.15) is 18.4 Å². The lowest BCUT2D eigenvalue weighted by Gasteiger charge is -2.17. The van der Waals surface area contributed by atoms with E-state index in [1.807, 2.05) is 19.2 Å². The molecule has 0 radical (unpaired) electrons. The van der Waals surface area contributed by atoms with Crippen LogP contribution in [0, 0.1) is 5.92 Å². The molecule has 1 saturated heterocycles. The van der Waals surface area contributed by atoms with Gasteiger partial charge in [-0.25, -0.2) is 0 Å². The summed E-state index contributed by atoms with van der Waals surface area (Å²) in [4.78, 5) is 16.0. The lowest BCUT2D eigenvalue weighted by atomic mass is 9.90. The van der Waals surface area contributed by atoms with Crippen LogP contribution >= 0.6 is 15.9 Å². The Bertz CT molecular complexity index is 411. The highest BCUT2D eigenvalue weighted by atomic mass is 79.9. The van der Waals surface area contributed by atoms with Crippen molar-refractivity contribution < 1.29 is 9.53 Å². The number of nitrogens with zero attached hydrogens (tertiary/aromatic N) is 1. The van der Waals surface area contributed by atoms with Crippen molar-refractivity contribution in [2.75, 3.05) is 19.7 Å². The molecule has 17 heavy (non-hydrogen) atoms. The van der Waals surface area contributed by atoms with Crippen LogP contribution in [0.4, 0.5) is 0 Å². The second-order valence-electron chi connectivity index (χ2n) is 4.06. The van der Waals surface area contributed by atoms with E-state index in [-0.39, 0.29) is 17.8 Å². The van der Waals surface area contributed by atoms with Crippen molar-refractivity contribution in [3.8, 4) is 0 Å². The summed E-state index contributed by atoms with van der Waals surface area (Å²) >= 11 is 3.40. The predicted molar refractivity (Wildman–Crippen MR) is 67.7 cm³/mol.